The summed E-state index contributed by atoms with van der Waals surface area (Å²) in [7, 11) is 0. The highest BCUT2D eigenvalue weighted by Crippen LogP contribution is 2.20. The number of ether oxygens (including phenoxy) is 1. The Morgan fingerprint density at radius 3 is 1.31 bits per heavy atom. The van der Waals surface area contributed by atoms with E-state index >= 15 is 0 Å². The molecule has 0 atom stereocenters. The average Bonchev–Trinajstić information content (AvgIpc) is 3.06. The molecule has 0 unspecified atom stereocenters. The second kappa shape index (κ2) is 38.7. The number of carboxylic acid groups (broad SMARTS) is 2. The fourth-order valence-corrected chi connectivity index (χ4v) is 4.42. The molecular formula is C41H82N2O8. The van der Waals surface area contributed by atoms with Crippen LogP contribution in [-0.2, 0) is 28.7 Å². The lowest BCUT2D eigenvalue weighted by Gasteiger charge is -2.27. The van der Waals surface area contributed by atoms with E-state index in [0.29, 0.717) is 31.2 Å². The fraction of sp³-hybridized carbons (Fsp3) is 0.878. The highest BCUT2D eigenvalue weighted by Gasteiger charge is 2.20. The molecule has 0 aromatic heterocycles. The molecule has 4 N–H and O–H groups in total. The second-order valence-electron chi connectivity index (χ2n) is 15.2. The third-order valence-corrected chi connectivity index (χ3v) is 7.63. The van der Waals surface area contributed by atoms with Crippen molar-refractivity contribution in [3.05, 3.63) is 0 Å². The van der Waals surface area contributed by atoms with Crippen LogP contribution in [0.15, 0.2) is 0 Å². The van der Waals surface area contributed by atoms with Gasteiger partial charge in [-0.05, 0) is 38.5 Å². The van der Waals surface area contributed by atoms with Gasteiger partial charge in [0.2, 0.25) is 11.8 Å². The largest absolute Gasteiger partial charge is 0.481 e. The number of carboxylic acids is 2. The third kappa shape index (κ3) is 57.1. The number of amides is 2. The van der Waals surface area contributed by atoms with E-state index in [1.165, 1.54) is 70.6 Å². The summed E-state index contributed by atoms with van der Waals surface area (Å²) in [5.41, 5.74) is 0.0127. The topological polar surface area (TPSA) is 159 Å². The molecule has 0 heterocycles. The molecule has 0 saturated heterocycles. The first-order chi connectivity index (χ1) is 24.0. The van der Waals surface area contributed by atoms with Gasteiger partial charge in [-0.2, -0.15) is 0 Å². The number of rotatable bonds is 28. The third-order valence-electron chi connectivity index (χ3n) is 7.63. The zero-order valence-corrected chi connectivity index (χ0v) is 34.8. The van der Waals surface area contributed by atoms with Crippen molar-refractivity contribution in [3.8, 4) is 0 Å². The molecule has 0 fully saturated rings. The Morgan fingerprint density at radius 1 is 0.627 bits per heavy atom. The number of carbonyl (C=O) groups is 5. The lowest BCUT2D eigenvalue weighted by Crippen LogP contribution is -2.40. The summed E-state index contributed by atoms with van der Waals surface area (Å²) < 4.78 is 5.79. The monoisotopic (exact) mass is 731 g/mol. The zero-order valence-electron chi connectivity index (χ0n) is 34.8. The average molecular weight is 731 g/mol. The lowest BCUT2D eigenvalue weighted by atomic mass is 9.93. The molecule has 0 bridgehead atoms. The van der Waals surface area contributed by atoms with Crippen molar-refractivity contribution >= 4 is 30.0 Å². The Bertz CT molecular complexity index is 838. The first-order valence-corrected chi connectivity index (χ1v) is 20.0. The smallest absolute Gasteiger partial charge is 0.322 e. The Kier molecular flexibility index (Phi) is 42.0. The van der Waals surface area contributed by atoms with Crippen LogP contribution in [0.5, 0.6) is 0 Å². The first kappa shape index (κ1) is 55.3. The maximum Gasteiger partial charge on any atom is 0.322 e. The van der Waals surface area contributed by atoms with Crippen LogP contribution in [0.4, 0.5) is 0 Å². The van der Waals surface area contributed by atoms with Crippen LogP contribution in [-0.4, -0.2) is 65.5 Å². The summed E-state index contributed by atoms with van der Waals surface area (Å²) in [6.07, 6.45) is 22.1. The number of hydrogen-bond donors (Lipinski definition) is 4. The molecule has 0 aliphatic carbocycles. The van der Waals surface area contributed by atoms with Gasteiger partial charge in [0.05, 0.1) is 5.60 Å². The molecule has 51 heavy (non-hydrogen) atoms. The highest BCUT2D eigenvalue weighted by molar-refractivity contribution is 5.81. The van der Waals surface area contributed by atoms with Gasteiger partial charge < -0.3 is 30.4 Å². The van der Waals surface area contributed by atoms with Gasteiger partial charge in [-0.15, -0.1) is 0 Å². The van der Waals surface area contributed by atoms with E-state index in [4.69, 9.17) is 14.9 Å². The molecule has 304 valence electrons. The van der Waals surface area contributed by atoms with Crippen molar-refractivity contribution in [3.63, 3.8) is 0 Å². The van der Waals surface area contributed by atoms with Gasteiger partial charge in [-0.3, -0.25) is 19.2 Å². The van der Waals surface area contributed by atoms with Gasteiger partial charge in [0.25, 0.3) is 0 Å². The summed E-state index contributed by atoms with van der Waals surface area (Å²) in [6.45, 7) is 21.2. The Labute approximate surface area is 313 Å². The zero-order chi connectivity index (χ0) is 40.0. The van der Waals surface area contributed by atoms with E-state index in [2.05, 4.69) is 31.4 Å². The molecule has 0 aliphatic heterocycles. The van der Waals surface area contributed by atoms with Crippen LogP contribution < -0.4 is 10.6 Å². The molecule has 0 aromatic carbocycles. The standard InChI is InChI=1S/C22H41NO5.C13H27NO2.C4H8O.C2H6/c24-20(23-19-22(27)28)17-15-13-11-9-7-5-3-1-2-4-6-8-10-12-14-16-18-21(25)26;1-7-11(15)14-10-13(5,6)16-9-8-12(2,3)4;1-4(2)3-5;1-2/h1-19H2,(H,23,24)(H,25,26)(H,27,28);7-10H2,1-6H3,(H,14,15);3-4H,1-2H3;1-2H3. The van der Waals surface area contributed by atoms with E-state index in [9.17, 15) is 24.0 Å². The van der Waals surface area contributed by atoms with Gasteiger partial charge >= 0.3 is 11.9 Å². The number of carbonyl (C=O) groups excluding carboxylic acids is 3. The lowest BCUT2D eigenvalue weighted by molar-refractivity contribution is -0.138. The Hall–Kier alpha value is -2.49. The van der Waals surface area contributed by atoms with Crippen molar-refractivity contribution < 1.29 is 38.9 Å². The van der Waals surface area contributed by atoms with Gasteiger partial charge in [-0.1, -0.05) is 145 Å². The van der Waals surface area contributed by atoms with Crippen LogP contribution in [0.1, 0.15) is 198 Å². The van der Waals surface area contributed by atoms with Crippen LogP contribution in [0.3, 0.4) is 0 Å². The van der Waals surface area contributed by atoms with Gasteiger partial charge in [0, 0.05) is 38.3 Å². The number of aldehydes is 1. The molecule has 0 aliphatic rings. The normalized spacial score (nSPS) is 10.8. The molecule has 0 aromatic rings. The van der Waals surface area contributed by atoms with Crippen LogP contribution >= 0.6 is 0 Å². The van der Waals surface area contributed by atoms with Crippen LogP contribution in [0.25, 0.3) is 0 Å². The predicted octanol–water partition coefficient (Wildman–Crippen LogP) is 9.91. The Balaban J connectivity index is -0.000000402. The van der Waals surface area contributed by atoms with Crippen molar-refractivity contribution in [1.29, 1.82) is 0 Å². The molecule has 0 spiro atoms. The highest BCUT2D eigenvalue weighted by atomic mass is 16.5. The SMILES string of the molecule is CC.CC(C)C=O.CCC(=O)NCC(C)(C)OCCC(C)(C)C.O=C(O)CCCCCCCCCCCCCCCCCCC(=O)NCC(=O)O. The van der Waals surface area contributed by atoms with Crippen molar-refractivity contribution in [2.75, 3.05) is 19.7 Å². The van der Waals surface area contributed by atoms with E-state index < -0.39 is 11.9 Å². The number of hydrogen-bond acceptors (Lipinski definition) is 6. The quantitative estimate of drug-likeness (QED) is 0.0457. The van der Waals surface area contributed by atoms with Gasteiger partial charge in [0.15, 0.2) is 0 Å². The van der Waals surface area contributed by atoms with E-state index in [0.717, 1.165) is 51.4 Å². The molecule has 10 nitrogen and oxygen atoms in total. The van der Waals surface area contributed by atoms with E-state index in [1.54, 1.807) is 0 Å². The summed E-state index contributed by atoms with van der Waals surface area (Å²) in [6, 6.07) is 0. The van der Waals surface area contributed by atoms with Crippen molar-refractivity contribution in [2.24, 2.45) is 11.3 Å². The van der Waals surface area contributed by atoms with E-state index in [1.807, 2.05) is 48.5 Å². The Morgan fingerprint density at radius 2 is 1.00 bits per heavy atom. The second-order valence-corrected chi connectivity index (χ2v) is 15.2. The van der Waals surface area contributed by atoms with Crippen LogP contribution in [0.2, 0.25) is 0 Å². The van der Waals surface area contributed by atoms with Crippen LogP contribution in [0, 0.1) is 11.3 Å². The van der Waals surface area contributed by atoms with E-state index in [-0.39, 0.29) is 29.9 Å². The number of aliphatic carboxylic acids is 2. The fourth-order valence-electron chi connectivity index (χ4n) is 4.42. The molecular weight excluding hydrogens is 648 g/mol. The van der Waals surface area contributed by atoms with Gasteiger partial charge in [0.1, 0.15) is 12.8 Å². The molecule has 0 rings (SSSR count). The summed E-state index contributed by atoms with van der Waals surface area (Å²) >= 11 is 0. The minimum atomic E-state index is -1.00. The van der Waals surface area contributed by atoms with Gasteiger partial charge in [-0.25, -0.2) is 0 Å². The minimum Gasteiger partial charge on any atom is -0.481 e. The summed E-state index contributed by atoms with van der Waals surface area (Å²) in [4.78, 5) is 52.7. The molecule has 2 amide bonds. The molecule has 0 radical (unpaired) electrons. The summed E-state index contributed by atoms with van der Waals surface area (Å²) in [5, 5.41) is 22.3. The van der Waals surface area contributed by atoms with Crippen molar-refractivity contribution in [1.82, 2.24) is 10.6 Å². The maximum absolute atomic E-state index is 11.3. The van der Waals surface area contributed by atoms with Crippen molar-refractivity contribution in [2.45, 2.75) is 203 Å². The number of nitrogens with one attached hydrogen (secondary N) is 2. The maximum atomic E-state index is 11.3. The first-order valence-electron chi connectivity index (χ1n) is 20.0. The minimum absolute atomic E-state index is 0.0764. The number of unbranched alkanes of at least 4 members (excludes halogenated alkanes) is 15. The molecule has 10 heteroatoms. The predicted molar refractivity (Wildman–Crippen MR) is 211 cm³/mol. The summed E-state index contributed by atoms with van der Waals surface area (Å²) in [5.74, 6) is -1.57. The molecule has 0 saturated carbocycles.